The number of nitrogens with one attached hydrogen (secondary N) is 1. The van der Waals surface area contributed by atoms with Gasteiger partial charge < -0.3 is 14.8 Å². The van der Waals surface area contributed by atoms with E-state index in [1.807, 2.05) is 12.4 Å². The van der Waals surface area contributed by atoms with Gasteiger partial charge in [-0.2, -0.15) is 0 Å². The zero-order chi connectivity index (χ0) is 14.2. The standard InChI is InChI=1S/C17H18N2O2/c1-11-10-18-4-3-13(11)17-14-9-16-15(20-6-7-21-16)8-12(14)2-5-19-17/h3-4,8-10,17,19H,2,5-7H2,1H3. The van der Waals surface area contributed by atoms with Crippen molar-refractivity contribution in [2.24, 2.45) is 0 Å². The van der Waals surface area contributed by atoms with E-state index in [-0.39, 0.29) is 6.04 Å². The summed E-state index contributed by atoms with van der Waals surface area (Å²) in [7, 11) is 0. The molecule has 1 aromatic heterocycles. The van der Waals surface area contributed by atoms with Crippen LogP contribution in [0.3, 0.4) is 0 Å². The van der Waals surface area contributed by atoms with Crippen LogP contribution in [0, 0.1) is 6.92 Å². The van der Waals surface area contributed by atoms with Gasteiger partial charge in [0.25, 0.3) is 0 Å². The van der Waals surface area contributed by atoms with Crippen molar-refractivity contribution in [1.82, 2.24) is 10.3 Å². The van der Waals surface area contributed by atoms with Crippen LogP contribution in [0.5, 0.6) is 11.5 Å². The van der Waals surface area contributed by atoms with Gasteiger partial charge in [-0.15, -0.1) is 0 Å². The molecule has 0 saturated heterocycles. The average Bonchev–Trinajstić information content (AvgIpc) is 2.53. The number of hydrogen-bond donors (Lipinski definition) is 1. The first kappa shape index (κ1) is 12.7. The molecule has 21 heavy (non-hydrogen) atoms. The van der Waals surface area contributed by atoms with Gasteiger partial charge in [-0.3, -0.25) is 4.98 Å². The number of fused-ring (bicyclic) bond motifs is 2. The minimum absolute atomic E-state index is 0.201. The van der Waals surface area contributed by atoms with E-state index in [4.69, 9.17) is 9.47 Å². The van der Waals surface area contributed by atoms with E-state index in [9.17, 15) is 0 Å². The molecule has 0 saturated carbocycles. The second-order valence-electron chi connectivity index (χ2n) is 5.56. The summed E-state index contributed by atoms with van der Waals surface area (Å²) >= 11 is 0. The summed E-state index contributed by atoms with van der Waals surface area (Å²) in [6.07, 6.45) is 4.80. The molecule has 4 rings (SSSR count). The van der Waals surface area contributed by atoms with Gasteiger partial charge in [0.15, 0.2) is 11.5 Å². The molecular weight excluding hydrogens is 264 g/mol. The molecule has 0 spiro atoms. The molecule has 2 aliphatic rings. The molecule has 2 aliphatic heterocycles. The van der Waals surface area contributed by atoms with Crippen LogP contribution in [-0.4, -0.2) is 24.7 Å². The van der Waals surface area contributed by atoms with Gasteiger partial charge in [0, 0.05) is 18.9 Å². The molecule has 1 unspecified atom stereocenters. The number of ether oxygens (including phenoxy) is 2. The lowest BCUT2D eigenvalue weighted by molar-refractivity contribution is 0.171. The van der Waals surface area contributed by atoms with Crippen LogP contribution < -0.4 is 14.8 Å². The van der Waals surface area contributed by atoms with E-state index in [1.54, 1.807) is 0 Å². The van der Waals surface area contributed by atoms with Crippen LogP contribution in [0.4, 0.5) is 0 Å². The van der Waals surface area contributed by atoms with Crippen molar-refractivity contribution < 1.29 is 9.47 Å². The Bertz CT molecular complexity index is 684. The summed E-state index contributed by atoms with van der Waals surface area (Å²) in [5.74, 6) is 1.74. The molecule has 0 radical (unpaired) electrons. The number of benzene rings is 1. The molecular formula is C17H18N2O2. The molecule has 4 nitrogen and oxygen atoms in total. The molecule has 4 heteroatoms. The predicted octanol–water partition coefficient (Wildman–Crippen LogP) is 2.40. The Balaban J connectivity index is 1.82. The highest BCUT2D eigenvalue weighted by Gasteiger charge is 2.26. The van der Waals surface area contributed by atoms with Crippen LogP contribution in [0.2, 0.25) is 0 Å². The number of hydrogen-bond acceptors (Lipinski definition) is 4. The summed E-state index contributed by atoms with van der Waals surface area (Å²) in [5, 5.41) is 3.62. The molecule has 0 aliphatic carbocycles. The number of aromatic nitrogens is 1. The van der Waals surface area contributed by atoms with Crippen molar-refractivity contribution in [3.05, 3.63) is 52.8 Å². The Labute approximate surface area is 124 Å². The third kappa shape index (κ3) is 2.16. The van der Waals surface area contributed by atoms with E-state index in [0.29, 0.717) is 13.2 Å². The Morgan fingerprint density at radius 2 is 1.95 bits per heavy atom. The van der Waals surface area contributed by atoms with Gasteiger partial charge in [0.1, 0.15) is 13.2 Å². The van der Waals surface area contributed by atoms with Crippen molar-refractivity contribution in [2.75, 3.05) is 19.8 Å². The number of nitrogens with zero attached hydrogens (tertiary/aromatic N) is 1. The second-order valence-corrected chi connectivity index (χ2v) is 5.56. The Morgan fingerprint density at radius 3 is 2.76 bits per heavy atom. The molecule has 0 amide bonds. The first-order valence-electron chi connectivity index (χ1n) is 7.39. The molecule has 2 aromatic rings. The van der Waals surface area contributed by atoms with Gasteiger partial charge in [0.2, 0.25) is 0 Å². The Hall–Kier alpha value is -2.07. The largest absolute Gasteiger partial charge is 0.486 e. The maximum Gasteiger partial charge on any atom is 0.161 e. The minimum Gasteiger partial charge on any atom is -0.486 e. The average molecular weight is 282 g/mol. The van der Waals surface area contributed by atoms with Crippen LogP contribution in [0.1, 0.15) is 28.3 Å². The molecule has 0 fully saturated rings. The number of rotatable bonds is 1. The lowest BCUT2D eigenvalue weighted by Crippen LogP contribution is -2.31. The fraction of sp³-hybridized carbons (Fsp3) is 0.353. The molecule has 3 heterocycles. The summed E-state index contributed by atoms with van der Waals surface area (Å²) in [5.41, 5.74) is 5.12. The Kier molecular flexibility index (Phi) is 3.04. The zero-order valence-corrected chi connectivity index (χ0v) is 12.1. The zero-order valence-electron chi connectivity index (χ0n) is 12.1. The van der Waals surface area contributed by atoms with E-state index in [1.165, 1.54) is 22.3 Å². The van der Waals surface area contributed by atoms with Gasteiger partial charge >= 0.3 is 0 Å². The highest BCUT2D eigenvalue weighted by Crippen LogP contribution is 2.39. The summed E-state index contributed by atoms with van der Waals surface area (Å²) in [6.45, 7) is 4.34. The fourth-order valence-corrected chi connectivity index (χ4v) is 3.18. The topological polar surface area (TPSA) is 43.4 Å². The van der Waals surface area contributed by atoms with Crippen LogP contribution >= 0.6 is 0 Å². The number of aryl methyl sites for hydroxylation is 1. The van der Waals surface area contributed by atoms with Crippen molar-refractivity contribution in [1.29, 1.82) is 0 Å². The van der Waals surface area contributed by atoms with E-state index in [0.717, 1.165) is 24.5 Å². The van der Waals surface area contributed by atoms with E-state index < -0.39 is 0 Å². The molecule has 1 aromatic carbocycles. The first-order chi connectivity index (χ1) is 10.3. The Morgan fingerprint density at radius 1 is 1.14 bits per heavy atom. The van der Waals surface area contributed by atoms with Gasteiger partial charge in [-0.05, 0) is 53.8 Å². The minimum atomic E-state index is 0.201. The summed E-state index contributed by atoms with van der Waals surface area (Å²) < 4.78 is 11.4. The van der Waals surface area contributed by atoms with Crippen LogP contribution in [-0.2, 0) is 6.42 Å². The third-order valence-electron chi connectivity index (χ3n) is 4.23. The normalized spacial score (nSPS) is 20.0. The predicted molar refractivity (Wildman–Crippen MR) is 80.0 cm³/mol. The summed E-state index contributed by atoms with van der Waals surface area (Å²) in [4.78, 5) is 4.19. The maximum atomic E-state index is 5.74. The number of pyridine rings is 1. The van der Waals surface area contributed by atoms with Crippen molar-refractivity contribution in [3.8, 4) is 11.5 Å². The third-order valence-corrected chi connectivity index (χ3v) is 4.23. The SMILES string of the molecule is Cc1cnccc1C1NCCc2cc3c(cc21)OCCO3. The van der Waals surface area contributed by atoms with Gasteiger partial charge in [-0.25, -0.2) is 0 Å². The second kappa shape index (κ2) is 5.04. The van der Waals surface area contributed by atoms with E-state index in [2.05, 4.69) is 35.4 Å². The fourth-order valence-electron chi connectivity index (χ4n) is 3.18. The van der Waals surface area contributed by atoms with E-state index >= 15 is 0 Å². The highest BCUT2D eigenvalue weighted by atomic mass is 16.6. The van der Waals surface area contributed by atoms with Crippen LogP contribution in [0.15, 0.2) is 30.6 Å². The van der Waals surface area contributed by atoms with Gasteiger partial charge in [0.05, 0.1) is 6.04 Å². The van der Waals surface area contributed by atoms with Crippen molar-refractivity contribution >= 4 is 0 Å². The lowest BCUT2D eigenvalue weighted by atomic mass is 9.88. The smallest absolute Gasteiger partial charge is 0.161 e. The lowest BCUT2D eigenvalue weighted by Gasteiger charge is -2.30. The molecule has 0 bridgehead atoms. The highest BCUT2D eigenvalue weighted by molar-refractivity contribution is 5.52. The molecule has 1 atom stereocenters. The quantitative estimate of drug-likeness (QED) is 0.872. The van der Waals surface area contributed by atoms with Crippen molar-refractivity contribution in [2.45, 2.75) is 19.4 Å². The molecule has 1 N–H and O–H groups in total. The van der Waals surface area contributed by atoms with Crippen molar-refractivity contribution in [3.63, 3.8) is 0 Å². The van der Waals surface area contributed by atoms with Crippen LogP contribution in [0.25, 0.3) is 0 Å². The molecule has 108 valence electrons. The maximum absolute atomic E-state index is 5.74. The summed E-state index contributed by atoms with van der Waals surface area (Å²) in [6, 6.07) is 6.58. The first-order valence-corrected chi connectivity index (χ1v) is 7.39. The van der Waals surface area contributed by atoms with Gasteiger partial charge in [-0.1, -0.05) is 0 Å². The monoisotopic (exact) mass is 282 g/mol.